The van der Waals surface area contributed by atoms with Gasteiger partial charge in [0.2, 0.25) is 0 Å². The number of carbonyl (C=O) groups excluding carboxylic acids is 1. The Balaban J connectivity index is 1.95. The van der Waals surface area contributed by atoms with Crippen molar-refractivity contribution in [3.05, 3.63) is 65.2 Å². The van der Waals surface area contributed by atoms with Gasteiger partial charge in [-0.1, -0.05) is 30.3 Å². The molecular formula is C17H14F3NO. The summed E-state index contributed by atoms with van der Waals surface area (Å²) in [6.07, 6.45) is -4.20. The van der Waals surface area contributed by atoms with E-state index >= 15 is 0 Å². The zero-order chi connectivity index (χ0) is 15.7. The third kappa shape index (κ3) is 2.84. The van der Waals surface area contributed by atoms with Crippen LogP contribution in [0.1, 0.15) is 27.9 Å². The zero-order valence-electron chi connectivity index (χ0n) is 11.7. The molecule has 0 unspecified atom stereocenters. The second-order valence-corrected chi connectivity index (χ2v) is 5.31. The van der Waals surface area contributed by atoms with E-state index in [1.54, 1.807) is 0 Å². The first kappa shape index (κ1) is 14.6. The van der Waals surface area contributed by atoms with E-state index in [0.29, 0.717) is 18.8 Å². The molecule has 1 heterocycles. The van der Waals surface area contributed by atoms with Crippen molar-refractivity contribution >= 4 is 11.5 Å². The van der Waals surface area contributed by atoms with E-state index in [9.17, 15) is 18.0 Å². The third-order valence-electron chi connectivity index (χ3n) is 3.79. The number of halogens is 3. The maximum absolute atomic E-state index is 12.8. The molecule has 0 saturated heterocycles. The highest BCUT2D eigenvalue weighted by Crippen LogP contribution is 2.35. The maximum atomic E-state index is 12.8. The number of nitrogens with zero attached hydrogens (tertiary/aromatic N) is 1. The lowest BCUT2D eigenvalue weighted by Crippen LogP contribution is -2.32. The first-order chi connectivity index (χ1) is 10.4. The van der Waals surface area contributed by atoms with Gasteiger partial charge in [-0.25, -0.2) is 0 Å². The molecule has 0 bridgehead atoms. The van der Waals surface area contributed by atoms with Crippen molar-refractivity contribution in [3.8, 4) is 0 Å². The molecule has 0 saturated carbocycles. The summed E-state index contributed by atoms with van der Waals surface area (Å²) in [6.45, 7) is 1.10. The van der Waals surface area contributed by atoms with Gasteiger partial charge in [0.25, 0.3) is 0 Å². The number of benzene rings is 2. The summed E-state index contributed by atoms with van der Waals surface area (Å²) in [5, 5.41) is 0. The fourth-order valence-electron chi connectivity index (χ4n) is 2.67. The van der Waals surface area contributed by atoms with Crippen LogP contribution >= 0.6 is 0 Å². The van der Waals surface area contributed by atoms with E-state index in [1.165, 1.54) is 6.07 Å². The maximum Gasteiger partial charge on any atom is 0.416 e. The Morgan fingerprint density at radius 2 is 1.77 bits per heavy atom. The monoisotopic (exact) mass is 305 g/mol. The van der Waals surface area contributed by atoms with Gasteiger partial charge in [0.1, 0.15) is 0 Å². The largest absolute Gasteiger partial charge is 0.416 e. The SMILES string of the molecule is O=C1CCN(Cc2ccccc2)c2ccc(C(F)(F)F)cc21. The van der Waals surface area contributed by atoms with Crippen LogP contribution in [0, 0.1) is 0 Å². The molecule has 2 nitrogen and oxygen atoms in total. The summed E-state index contributed by atoms with van der Waals surface area (Å²) in [4.78, 5) is 13.9. The molecule has 2 aromatic carbocycles. The molecule has 0 N–H and O–H groups in total. The minimum Gasteiger partial charge on any atom is -0.366 e. The minimum absolute atomic E-state index is 0.164. The van der Waals surface area contributed by atoms with E-state index in [4.69, 9.17) is 0 Å². The Morgan fingerprint density at radius 1 is 1.05 bits per heavy atom. The lowest BCUT2D eigenvalue weighted by Gasteiger charge is -2.31. The lowest BCUT2D eigenvalue weighted by molar-refractivity contribution is -0.137. The van der Waals surface area contributed by atoms with Crippen LogP contribution in [0.2, 0.25) is 0 Å². The fourth-order valence-corrected chi connectivity index (χ4v) is 2.67. The Kier molecular flexibility index (Phi) is 3.64. The van der Waals surface area contributed by atoms with E-state index < -0.39 is 11.7 Å². The number of hydrogen-bond acceptors (Lipinski definition) is 2. The van der Waals surface area contributed by atoms with E-state index in [2.05, 4.69) is 0 Å². The summed E-state index contributed by atoms with van der Waals surface area (Å²) in [6, 6.07) is 13.1. The molecule has 1 aliphatic rings. The van der Waals surface area contributed by atoms with Crippen LogP contribution in [0.4, 0.5) is 18.9 Å². The fraction of sp³-hybridized carbons (Fsp3) is 0.235. The van der Waals surface area contributed by atoms with Gasteiger partial charge in [0.05, 0.1) is 5.56 Å². The Hall–Kier alpha value is -2.30. The number of Topliss-reactive ketones (excluding diaryl/α,β-unsaturated/α-hetero) is 1. The van der Waals surface area contributed by atoms with E-state index in [1.807, 2.05) is 35.2 Å². The summed E-state index contributed by atoms with van der Waals surface area (Å²) < 4.78 is 38.4. The topological polar surface area (TPSA) is 20.3 Å². The number of carbonyl (C=O) groups is 1. The first-order valence-corrected chi connectivity index (χ1v) is 6.98. The van der Waals surface area contributed by atoms with Crippen molar-refractivity contribution < 1.29 is 18.0 Å². The van der Waals surface area contributed by atoms with Gasteiger partial charge >= 0.3 is 6.18 Å². The van der Waals surface area contributed by atoms with Gasteiger partial charge in [-0.3, -0.25) is 4.79 Å². The molecule has 1 aliphatic heterocycles. The second kappa shape index (κ2) is 5.48. The quantitative estimate of drug-likeness (QED) is 0.824. The van der Waals surface area contributed by atoms with E-state index in [0.717, 1.165) is 17.7 Å². The highest BCUT2D eigenvalue weighted by molar-refractivity contribution is 6.03. The number of ketones is 1. The molecule has 0 aromatic heterocycles. The van der Waals surface area contributed by atoms with Crippen LogP contribution in [-0.4, -0.2) is 12.3 Å². The molecule has 3 rings (SSSR count). The highest BCUT2D eigenvalue weighted by atomic mass is 19.4. The normalized spacial score (nSPS) is 14.9. The molecule has 0 fully saturated rings. The van der Waals surface area contributed by atoms with Crippen molar-refractivity contribution in [2.24, 2.45) is 0 Å². The van der Waals surface area contributed by atoms with Gasteiger partial charge in [-0.05, 0) is 23.8 Å². The van der Waals surface area contributed by atoms with Crippen molar-refractivity contribution in [2.75, 3.05) is 11.4 Å². The summed E-state index contributed by atoms with van der Waals surface area (Å²) in [5.41, 5.74) is 1.02. The Bertz CT molecular complexity index is 695. The average Bonchev–Trinajstić information content (AvgIpc) is 2.50. The van der Waals surface area contributed by atoms with Crippen molar-refractivity contribution in [1.29, 1.82) is 0 Å². The van der Waals surface area contributed by atoms with Crippen LogP contribution in [0.5, 0.6) is 0 Å². The van der Waals surface area contributed by atoms with Crippen molar-refractivity contribution in [3.63, 3.8) is 0 Å². The van der Waals surface area contributed by atoms with Crippen LogP contribution in [-0.2, 0) is 12.7 Å². The van der Waals surface area contributed by atoms with Crippen LogP contribution in [0.15, 0.2) is 48.5 Å². The van der Waals surface area contributed by atoms with Crippen LogP contribution in [0.25, 0.3) is 0 Å². The van der Waals surface area contributed by atoms with Gasteiger partial charge in [0.15, 0.2) is 5.78 Å². The molecule has 0 atom stereocenters. The molecule has 0 radical (unpaired) electrons. The van der Waals surface area contributed by atoms with E-state index in [-0.39, 0.29) is 17.8 Å². The van der Waals surface area contributed by atoms with Gasteiger partial charge in [-0.15, -0.1) is 0 Å². The molecular weight excluding hydrogens is 291 g/mol. The number of fused-ring (bicyclic) bond motifs is 1. The molecule has 0 amide bonds. The minimum atomic E-state index is -4.43. The average molecular weight is 305 g/mol. The van der Waals surface area contributed by atoms with Crippen molar-refractivity contribution in [1.82, 2.24) is 0 Å². The predicted molar refractivity (Wildman–Crippen MR) is 77.9 cm³/mol. The molecule has 2 aromatic rings. The highest BCUT2D eigenvalue weighted by Gasteiger charge is 2.33. The molecule has 22 heavy (non-hydrogen) atoms. The summed E-state index contributed by atoms with van der Waals surface area (Å²) >= 11 is 0. The number of alkyl halides is 3. The molecule has 5 heteroatoms. The molecule has 0 spiro atoms. The molecule has 0 aliphatic carbocycles. The Labute approximate surface area is 126 Å². The zero-order valence-corrected chi connectivity index (χ0v) is 11.7. The summed E-state index contributed by atoms with van der Waals surface area (Å²) in [5.74, 6) is -0.231. The molecule has 114 valence electrons. The van der Waals surface area contributed by atoms with Gasteiger partial charge in [-0.2, -0.15) is 13.2 Å². The standard InChI is InChI=1S/C17H14F3NO/c18-17(19,20)13-6-7-15-14(10-13)16(22)8-9-21(15)11-12-4-2-1-3-5-12/h1-7,10H,8-9,11H2. The van der Waals surface area contributed by atoms with Gasteiger partial charge < -0.3 is 4.90 Å². The first-order valence-electron chi connectivity index (χ1n) is 6.98. The number of hydrogen-bond donors (Lipinski definition) is 0. The number of rotatable bonds is 2. The van der Waals surface area contributed by atoms with Gasteiger partial charge in [0, 0.05) is 30.8 Å². The summed E-state index contributed by atoms with van der Waals surface area (Å²) in [7, 11) is 0. The van der Waals surface area contributed by atoms with Crippen molar-refractivity contribution in [2.45, 2.75) is 19.1 Å². The third-order valence-corrected chi connectivity index (χ3v) is 3.79. The number of anilines is 1. The predicted octanol–water partition coefficient (Wildman–Crippen LogP) is 4.30. The smallest absolute Gasteiger partial charge is 0.366 e. The van der Waals surface area contributed by atoms with Crippen LogP contribution in [0.3, 0.4) is 0 Å². The van der Waals surface area contributed by atoms with Crippen LogP contribution < -0.4 is 4.90 Å². The Morgan fingerprint density at radius 3 is 2.45 bits per heavy atom. The lowest BCUT2D eigenvalue weighted by atomic mass is 9.97. The second-order valence-electron chi connectivity index (χ2n) is 5.31.